The van der Waals surface area contributed by atoms with Gasteiger partial charge in [0.25, 0.3) is 0 Å². The zero-order valence-electron chi connectivity index (χ0n) is 11.0. The fourth-order valence-corrected chi connectivity index (χ4v) is 3.81. The number of morpholine rings is 1. The summed E-state index contributed by atoms with van der Waals surface area (Å²) in [6, 6.07) is 0.416. The summed E-state index contributed by atoms with van der Waals surface area (Å²) in [5.41, 5.74) is 0.404. The highest BCUT2D eigenvalue weighted by Gasteiger charge is 2.35. The predicted molar refractivity (Wildman–Crippen MR) is 72.8 cm³/mol. The Morgan fingerprint density at radius 3 is 3.21 bits per heavy atom. The highest BCUT2D eigenvalue weighted by Crippen LogP contribution is 2.33. The summed E-state index contributed by atoms with van der Waals surface area (Å²) in [5, 5.41) is 2.69. The first-order valence-corrected chi connectivity index (χ1v) is 7.59. The molecule has 3 rings (SSSR count). The van der Waals surface area contributed by atoms with Crippen LogP contribution in [-0.4, -0.2) is 43.4 Å². The van der Waals surface area contributed by atoms with E-state index < -0.39 is 0 Å². The lowest BCUT2D eigenvalue weighted by Gasteiger charge is -2.43. The molecule has 104 valence electrons. The molecule has 0 radical (unpaired) electrons. The highest BCUT2D eigenvalue weighted by molar-refractivity contribution is 7.13. The van der Waals surface area contributed by atoms with Crippen molar-refractivity contribution in [2.24, 2.45) is 0 Å². The number of methoxy groups -OCH3 is 1. The number of thiazole rings is 1. The minimum Gasteiger partial charge on any atom is -0.464 e. The van der Waals surface area contributed by atoms with Crippen molar-refractivity contribution in [3.63, 3.8) is 0 Å². The molecule has 2 aliphatic rings. The van der Waals surface area contributed by atoms with E-state index >= 15 is 0 Å². The Kier molecular flexibility index (Phi) is 3.70. The maximum absolute atomic E-state index is 11.5. The fraction of sp³-hybridized carbons (Fsp3) is 0.692. The molecule has 2 atom stereocenters. The Morgan fingerprint density at radius 2 is 2.37 bits per heavy atom. The van der Waals surface area contributed by atoms with E-state index in [1.54, 1.807) is 5.38 Å². The molecule has 5 nitrogen and oxygen atoms in total. The number of ether oxygens (including phenoxy) is 2. The third-order valence-corrected chi connectivity index (χ3v) is 4.74. The van der Waals surface area contributed by atoms with Gasteiger partial charge >= 0.3 is 5.97 Å². The van der Waals surface area contributed by atoms with E-state index in [2.05, 4.69) is 9.88 Å². The Bertz CT molecular complexity index is 460. The number of nitrogens with zero attached hydrogens (tertiary/aromatic N) is 2. The minimum absolute atomic E-state index is 0.327. The SMILES string of the molecule is COC(=O)c1csc(N2CCOC3CCCCC32)n1. The first-order chi connectivity index (χ1) is 9.29. The molecule has 19 heavy (non-hydrogen) atoms. The van der Waals surface area contributed by atoms with Crippen LogP contribution in [0, 0.1) is 0 Å². The van der Waals surface area contributed by atoms with Gasteiger partial charge in [-0.1, -0.05) is 12.8 Å². The Labute approximate surface area is 116 Å². The van der Waals surface area contributed by atoms with Gasteiger partial charge in [0.2, 0.25) is 0 Å². The lowest BCUT2D eigenvalue weighted by molar-refractivity contribution is -0.00869. The van der Waals surface area contributed by atoms with Crippen LogP contribution in [0.15, 0.2) is 5.38 Å². The maximum atomic E-state index is 11.5. The van der Waals surface area contributed by atoms with E-state index in [4.69, 9.17) is 9.47 Å². The van der Waals surface area contributed by atoms with Crippen LogP contribution in [-0.2, 0) is 9.47 Å². The number of fused-ring (bicyclic) bond motifs is 1. The van der Waals surface area contributed by atoms with Crippen molar-refractivity contribution >= 4 is 22.4 Å². The average Bonchev–Trinajstić information content (AvgIpc) is 2.95. The summed E-state index contributed by atoms with van der Waals surface area (Å²) >= 11 is 1.51. The van der Waals surface area contributed by atoms with Gasteiger partial charge in [0.1, 0.15) is 0 Å². The molecular formula is C13H18N2O3S. The number of aromatic nitrogens is 1. The number of carbonyl (C=O) groups is 1. The minimum atomic E-state index is -0.365. The normalized spacial score (nSPS) is 26.9. The van der Waals surface area contributed by atoms with Gasteiger partial charge in [-0.3, -0.25) is 0 Å². The Balaban J connectivity index is 1.80. The molecule has 0 amide bonds. The van der Waals surface area contributed by atoms with Gasteiger partial charge in [-0.25, -0.2) is 9.78 Å². The Morgan fingerprint density at radius 1 is 1.53 bits per heavy atom. The van der Waals surface area contributed by atoms with Crippen molar-refractivity contribution in [2.75, 3.05) is 25.2 Å². The maximum Gasteiger partial charge on any atom is 0.357 e. The van der Waals surface area contributed by atoms with E-state index in [0.29, 0.717) is 17.8 Å². The molecule has 1 saturated carbocycles. The fourth-order valence-electron chi connectivity index (χ4n) is 2.93. The van der Waals surface area contributed by atoms with Gasteiger partial charge in [-0.15, -0.1) is 11.3 Å². The van der Waals surface area contributed by atoms with Crippen molar-refractivity contribution in [3.8, 4) is 0 Å². The van der Waals surface area contributed by atoms with Crippen LogP contribution in [0.3, 0.4) is 0 Å². The van der Waals surface area contributed by atoms with Crippen molar-refractivity contribution in [1.82, 2.24) is 4.98 Å². The summed E-state index contributed by atoms with van der Waals surface area (Å²) in [6.07, 6.45) is 5.11. The van der Waals surface area contributed by atoms with Crippen LogP contribution >= 0.6 is 11.3 Å². The second kappa shape index (κ2) is 5.46. The molecule has 0 aromatic carbocycles. The zero-order chi connectivity index (χ0) is 13.2. The van der Waals surface area contributed by atoms with Crippen molar-refractivity contribution in [2.45, 2.75) is 37.8 Å². The van der Waals surface area contributed by atoms with Gasteiger partial charge in [-0.2, -0.15) is 0 Å². The van der Waals surface area contributed by atoms with Crippen LogP contribution in [0.2, 0.25) is 0 Å². The van der Waals surface area contributed by atoms with Gasteiger partial charge in [0, 0.05) is 11.9 Å². The van der Waals surface area contributed by atoms with Gasteiger partial charge in [-0.05, 0) is 12.8 Å². The van der Waals surface area contributed by atoms with Crippen molar-refractivity contribution in [3.05, 3.63) is 11.1 Å². The van der Waals surface area contributed by atoms with Crippen LogP contribution in [0.25, 0.3) is 0 Å². The molecule has 6 heteroatoms. The summed E-state index contributed by atoms with van der Waals surface area (Å²) in [6.45, 7) is 1.60. The van der Waals surface area contributed by atoms with E-state index in [1.807, 2.05) is 0 Å². The Hall–Kier alpha value is -1.14. The lowest BCUT2D eigenvalue weighted by atomic mass is 9.90. The molecule has 2 fully saturated rings. The molecule has 1 aliphatic carbocycles. The number of carbonyl (C=O) groups excluding carboxylic acids is 1. The number of anilines is 1. The number of hydrogen-bond donors (Lipinski definition) is 0. The second-order valence-corrected chi connectivity index (χ2v) is 5.80. The van der Waals surface area contributed by atoms with E-state index in [9.17, 15) is 4.79 Å². The third-order valence-electron chi connectivity index (χ3n) is 3.86. The van der Waals surface area contributed by atoms with E-state index in [0.717, 1.165) is 31.1 Å². The molecule has 1 aliphatic heterocycles. The van der Waals surface area contributed by atoms with E-state index in [-0.39, 0.29) is 5.97 Å². The molecule has 1 saturated heterocycles. The van der Waals surface area contributed by atoms with Gasteiger partial charge < -0.3 is 14.4 Å². The lowest BCUT2D eigenvalue weighted by Crippen LogP contribution is -2.52. The number of hydrogen-bond acceptors (Lipinski definition) is 6. The molecule has 0 N–H and O–H groups in total. The monoisotopic (exact) mass is 282 g/mol. The van der Waals surface area contributed by atoms with E-state index in [1.165, 1.54) is 31.3 Å². The molecule has 0 spiro atoms. The van der Waals surface area contributed by atoms with Crippen LogP contribution < -0.4 is 4.90 Å². The van der Waals surface area contributed by atoms with Crippen LogP contribution in [0.1, 0.15) is 36.2 Å². The molecular weight excluding hydrogens is 264 g/mol. The highest BCUT2D eigenvalue weighted by atomic mass is 32.1. The summed E-state index contributed by atoms with van der Waals surface area (Å²) in [4.78, 5) is 18.2. The average molecular weight is 282 g/mol. The topological polar surface area (TPSA) is 51.7 Å². The van der Waals surface area contributed by atoms with Crippen LogP contribution in [0.4, 0.5) is 5.13 Å². The summed E-state index contributed by atoms with van der Waals surface area (Å²) < 4.78 is 10.6. The third kappa shape index (κ3) is 2.47. The van der Waals surface area contributed by atoms with Gasteiger partial charge in [0.15, 0.2) is 10.8 Å². The first-order valence-electron chi connectivity index (χ1n) is 6.71. The second-order valence-electron chi connectivity index (χ2n) is 4.96. The van der Waals surface area contributed by atoms with Gasteiger partial charge in [0.05, 0.1) is 25.9 Å². The molecule has 2 heterocycles. The summed E-state index contributed by atoms with van der Waals surface area (Å²) in [5.74, 6) is -0.365. The standard InChI is InChI=1S/C13H18N2O3S/c1-17-12(16)9-8-19-13(14-9)15-6-7-18-11-5-3-2-4-10(11)15/h8,10-11H,2-7H2,1H3. The molecule has 0 bridgehead atoms. The number of esters is 1. The number of rotatable bonds is 2. The zero-order valence-corrected chi connectivity index (χ0v) is 11.8. The van der Waals surface area contributed by atoms with Crippen LogP contribution in [0.5, 0.6) is 0 Å². The largest absolute Gasteiger partial charge is 0.464 e. The summed E-state index contributed by atoms with van der Waals surface area (Å²) in [7, 11) is 1.38. The molecule has 2 unspecified atom stereocenters. The smallest absolute Gasteiger partial charge is 0.357 e. The molecule has 1 aromatic rings. The first kappa shape index (κ1) is 12.9. The van der Waals surface area contributed by atoms with Crippen molar-refractivity contribution in [1.29, 1.82) is 0 Å². The quantitative estimate of drug-likeness (QED) is 0.777. The molecule has 1 aromatic heterocycles. The predicted octanol–water partition coefficient (Wildman–Crippen LogP) is 2.08. The van der Waals surface area contributed by atoms with Crippen molar-refractivity contribution < 1.29 is 14.3 Å².